The minimum Gasteiger partial charge on any atom is -0.267 e. The van der Waals surface area contributed by atoms with Gasteiger partial charge in [0.1, 0.15) is 0 Å². The van der Waals surface area contributed by atoms with Crippen molar-refractivity contribution in [1.29, 1.82) is 0 Å². The Kier molecular flexibility index (Phi) is 8.05. The van der Waals surface area contributed by atoms with E-state index in [2.05, 4.69) is 53.1 Å². The molecule has 3 rings (SSSR count). The van der Waals surface area contributed by atoms with Gasteiger partial charge >= 0.3 is 0 Å². The zero-order valence-electron chi connectivity index (χ0n) is 16.5. The molecule has 0 bridgehead atoms. The highest BCUT2D eigenvalue weighted by molar-refractivity contribution is 5.95. The van der Waals surface area contributed by atoms with E-state index in [0.717, 1.165) is 31.4 Å². The molecular weight excluding hydrogens is 344 g/mol. The summed E-state index contributed by atoms with van der Waals surface area (Å²) in [6, 6.07) is 9.27. The van der Waals surface area contributed by atoms with Gasteiger partial charge in [0, 0.05) is 11.3 Å². The third kappa shape index (κ3) is 6.49. The maximum absolute atomic E-state index is 12.2. The molecule has 0 aliphatic heterocycles. The highest BCUT2D eigenvalue weighted by Gasteiger charge is 2.14. The van der Waals surface area contributed by atoms with E-state index in [-0.39, 0.29) is 5.91 Å². The lowest BCUT2D eigenvalue weighted by Crippen LogP contribution is -2.20. The van der Waals surface area contributed by atoms with Crippen LogP contribution in [0.4, 0.5) is 0 Å². The average Bonchev–Trinajstić information content (AvgIpc) is 2.71. The number of hydrogen-bond acceptors (Lipinski definition) is 2. The van der Waals surface area contributed by atoms with Gasteiger partial charge in [-0.2, -0.15) is 5.10 Å². The zero-order chi connectivity index (χ0) is 19.4. The van der Waals surface area contributed by atoms with Crippen LogP contribution in [-0.2, 0) is 0 Å². The Morgan fingerprint density at radius 3 is 2.29 bits per heavy atom. The number of nitrogens with one attached hydrogen (secondary N) is 1. The van der Waals surface area contributed by atoms with Crippen LogP contribution in [0.2, 0.25) is 0 Å². The van der Waals surface area contributed by atoms with Crippen LogP contribution < -0.4 is 5.43 Å². The summed E-state index contributed by atoms with van der Waals surface area (Å²) in [5, 5.41) is 4.44. The molecule has 0 unspecified atom stereocenters. The first-order valence-corrected chi connectivity index (χ1v) is 10.5. The summed E-state index contributed by atoms with van der Waals surface area (Å²) in [6.07, 6.45) is 24.1. The number of hydrogen-bond donors (Lipinski definition) is 1. The Hall–Kier alpha value is -2.68. The summed E-state index contributed by atoms with van der Waals surface area (Å²) >= 11 is 0. The fraction of sp³-hybridized carbons (Fsp3) is 0.360. The molecule has 28 heavy (non-hydrogen) atoms. The third-order valence-electron chi connectivity index (χ3n) is 5.38. The first-order valence-electron chi connectivity index (χ1n) is 10.5. The quantitative estimate of drug-likeness (QED) is 0.635. The van der Waals surface area contributed by atoms with Crippen LogP contribution in [0.3, 0.4) is 0 Å². The van der Waals surface area contributed by atoms with Crippen molar-refractivity contribution in [3.8, 4) is 0 Å². The largest absolute Gasteiger partial charge is 0.271 e. The normalized spacial score (nSPS) is 25.9. The summed E-state index contributed by atoms with van der Waals surface area (Å²) < 4.78 is 0. The Morgan fingerprint density at radius 1 is 0.857 bits per heavy atom. The van der Waals surface area contributed by atoms with Crippen LogP contribution in [0.1, 0.15) is 61.7 Å². The summed E-state index contributed by atoms with van der Waals surface area (Å²) in [7, 11) is 0. The van der Waals surface area contributed by atoms with Crippen molar-refractivity contribution in [3.05, 3.63) is 84.0 Å². The van der Waals surface area contributed by atoms with Crippen LogP contribution in [0, 0.1) is 5.92 Å². The smallest absolute Gasteiger partial charge is 0.267 e. The number of nitrogens with zero attached hydrogens (tertiary/aromatic N) is 1. The Bertz CT molecular complexity index is 770. The number of allylic oxidation sites excluding steroid dienone is 8. The lowest BCUT2D eigenvalue weighted by Gasteiger charge is -2.20. The second-order valence-electron chi connectivity index (χ2n) is 7.47. The van der Waals surface area contributed by atoms with Gasteiger partial charge < -0.3 is 0 Å². The maximum atomic E-state index is 12.2. The lowest BCUT2D eigenvalue weighted by molar-refractivity contribution is 0.0954. The molecule has 0 aromatic heterocycles. The van der Waals surface area contributed by atoms with Crippen molar-refractivity contribution < 1.29 is 4.79 Å². The van der Waals surface area contributed by atoms with E-state index in [0.29, 0.717) is 11.5 Å². The number of hydrazone groups is 1. The molecule has 3 nitrogen and oxygen atoms in total. The number of benzene rings is 1. The molecule has 0 heterocycles. The van der Waals surface area contributed by atoms with Crippen molar-refractivity contribution >= 4 is 11.6 Å². The summed E-state index contributed by atoms with van der Waals surface area (Å²) in [5.41, 5.74) is 5.97. The molecule has 2 aliphatic rings. The minimum absolute atomic E-state index is 0.129. The van der Waals surface area contributed by atoms with Crippen molar-refractivity contribution in [2.75, 3.05) is 0 Å². The van der Waals surface area contributed by atoms with Gasteiger partial charge in [0.15, 0.2) is 0 Å². The molecule has 1 N–H and O–H groups in total. The molecule has 0 spiro atoms. The predicted octanol–water partition coefficient (Wildman–Crippen LogP) is 6.13. The lowest BCUT2D eigenvalue weighted by atomic mass is 9.85. The molecule has 1 aromatic rings. The molecular formula is C25H30N2O. The molecule has 1 aromatic carbocycles. The molecule has 0 saturated heterocycles. The number of carbonyl (C=O) groups excluding carboxylic acids is 1. The van der Waals surface area contributed by atoms with E-state index in [4.69, 9.17) is 0 Å². The van der Waals surface area contributed by atoms with E-state index in [1.165, 1.54) is 31.3 Å². The molecule has 146 valence electrons. The van der Waals surface area contributed by atoms with Gasteiger partial charge in [0.05, 0.1) is 0 Å². The van der Waals surface area contributed by atoms with Gasteiger partial charge in [-0.15, -0.1) is 0 Å². The highest BCUT2D eigenvalue weighted by Crippen LogP contribution is 2.28. The van der Waals surface area contributed by atoms with E-state index < -0.39 is 0 Å². The van der Waals surface area contributed by atoms with E-state index in [1.807, 2.05) is 30.3 Å². The molecule has 3 heteroatoms. The zero-order valence-corrected chi connectivity index (χ0v) is 16.5. The van der Waals surface area contributed by atoms with Gasteiger partial charge in [0.25, 0.3) is 5.91 Å². The fourth-order valence-corrected chi connectivity index (χ4v) is 3.79. The van der Waals surface area contributed by atoms with Crippen LogP contribution in [0.15, 0.2) is 83.5 Å². The van der Waals surface area contributed by atoms with E-state index in [1.54, 1.807) is 0 Å². The summed E-state index contributed by atoms with van der Waals surface area (Å²) in [6.45, 7) is 0. The van der Waals surface area contributed by atoms with Crippen LogP contribution in [0.5, 0.6) is 0 Å². The molecule has 2 aliphatic carbocycles. The Morgan fingerprint density at radius 2 is 1.54 bits per heavy atom. The average molecular weight is 375 g/mol. The monoisotopic (exact) mass is 374 g/mol. The van der Waals surface area contributed by atoms with Gasteiger partial charge in [-0.25, -0.2) is 5.43 Å². The number of amides is 1. The second-order valence-corrected chi connectivity index (χ2v) is 7.47. The minimum atomic E-state index is -0.129. The van der Waals surface area contributed by atoms with Crippen molar-refractivity contribution in [3.63, 3.8) is 0 Å². The second kappa shape index (κ2) is 11.2. The Balaban J connectivity index is 1.53. The molecule has 0 radical (unpaired) electrons. The topological polar surface area (TPSA) is 41.5 Å². The van der Waals surface area contributed by atoms with Gasteiger partial charge in [-0.05, 0) is 62.1 Å². The van der Waals surface area contributed by atoms with Gasteiger partial charge in [-0.1, -0.05) is 73.6 Å². The van der Waals surface area contributed by atoms with E-state index in [9.17, 15) is 4.79 Å². The number of rotatable bonds is 3. The Labute approximate surface area is 168 Å². The highest BCUT2D eigenvalue weighted by atomic mass is 16.2. The first kappa shape index (κ1) is 20.1. The van der Waals surface area contributed by atoms with Crippen molar-refractivity contribution in [1.82, 2.24) is 5.43 Å². The van der Waals surface area contributed by atoms with E-state index >= 15 is 0 Å². The fourth-order valence-electron chi connectivity index (χ4n) is 3.79. The van der Waals surface area contributed by atoms with Crippen molar-refractivity contribution in [2.24, 2.45) is 11.0 Å². The number of carbonyl (C=O) groups is 1. The molecule has 1 saturated carbocycles. The first-order chi connectivity index (χ1) is 13.8. The SMILES string of the molecule is O=C(NN=C1CCCCC(C2=C/C=C\C=C/C=C\2)CCCC1)c1ccccc1. The molecule has 0 atom stereocenters. The van der Waals surface area contributed by atoms with Crippen molar-refractivity contribution in [2.45, 2.75) is 51.4 Å². The van der Waals surface area contributed by atoms with Crippen LogP contribution in [0.25, 0.3) is 0 Å². The summed E-state index contributed by atoms with van der Waals surface area (Å²) in [4.78, 5) is 12.2. The van der Waals surface area contributed by atoms with Gasteiger partial charge in [-0.3, -0.25) is 4.79 Å². The summed E-state index contributed by atoms with van der Waals surface area (Å²) in [5.74, 6) is 0.513. The molecule has 1 fully saturated rings. The maximum Gasteiger partial charge on any atom is 0.271 e. The van der Waals surface area contributed by atoms with Crippen LogP contribution in [-0.4, -0.2) is 11.6 Å². The molecule has 1 amide bonds. The van der Waals surface area contributed by atoms with Gasteiger partial charge in [0.2, 0.25) is 0 Å². The third-order valence-corrected chi connectivity index (χ3v) is 5.38. The standard InChI is InChI=1S/C25H30N2O/c28-25(23-17-7-4-8-18-23)27-26-24-19-11-9-15-22(16-10-12-20-24)21-13-5-2-1-3-6-14-21/h1-8,13-14,17-18,22H,9-12,15-16,19-20H2,(H,27,28)/b2-1-,3-1?,5-2?,6-3-,13-5-,14-6?,21-13?,21-14+,26-24?. The predicted molar refractivity (Wildman–Crippen MR) is 117 cm³/mol. The van der Waals surface area contributed by atoms with Crippen LogP contribution >= 0.6 is 0 Å².